The van der Waals surface area contributed by atoms with Crippen molar-refractivity contribution in [1.29, 1.82) is 0 Å². The largest absolute Gasteiger partial charge is 0.464 e. The highest BCUT2D eigenvalue weighted by atomic mass is 16.6. The molecule has 0 heterocycles. The Hall–Kier alpha value is -3.29. The van der Waals surface area contributed by atoms with Crippen LogP contribution in [-0.4, -0.2) is 31.1 Å². The van der Waals surface area contributed by atoms with E-state index in [9.17, 15) is 14.9 Å². The molecule has 0 bridgehead atoms. The van der Waals surface area contributed by atoms with Crippen LogP contribution in [0.4, 0.5) is 22.7 Å². The summed E-state index contributed by atoms with van der Waals surface area (Å²) in [5.41, 5.74) is 2.19. The van der Waals surface area contributed by atoms with Crippen molar-refractivity contribution in [2.45, 2.75) is 19.8 Å². The highest BCUT2D eigenvalue weighted by Gasteiger charge is 2.05. The Labute approximate surface area is 157 Å². The van der Waals surface area contributed by atoms with Gasteiger partial charge >= 0.3 is 5.97 Å². The summed E-state index contributed by atoms with van der Waals surface area (Å²) in [5, 5.41) is 18.8. The topological polar surface area (TPSA) is 97.4 Å². The molecule has 2 aromatic carbocycles. The molecule has 0 aromatic heterocycles. The van der Waals surface area contributed by atoms with Gasteiger partial charge in [0.1, 0.15) is 6.61 Å². The lowest BCUT2D eigenvalue weighted by molar-refractivity contribution is -0.384. The van der Waals surface area contributed by atoms with Gasteiger partial charge in [0.2, 0.25) is 0 Å². The maximum Gasteiger partial charge on any atom is 0.305 e. The summed E-state index contributed by atoms with van der Waals surface area (Å²) in [6.07, 6.45) is 1.22. The number of carbonyl (C=O) groups is 1. The molecule has 142 valence electrons. The Bertz CT molecular complexity index is 788. The lowest BCUT2D eigenvalue weighted by atomic mass is 10.2. The average Bonchev–Trinajstić information content (AvgIpc) is 2.67. The van der Waals surface area contributed by atoms with Crippen LogP contribution in [0.3, 0.4) is 0 Å². The van der Waals surface area contributed by atoms with Crippen LogP contribution < -0.4 is 4.90 Å². The molecule has 0 atom stereocenters. The number of nitrogens with zero attached hydrogens (tertiary/aromatic N) is 4. The monoisotopic (exact) mass is 370 g/mol. The van der Waals surface area contributed by atoms with Crippen molar-refractivity contribution in [2.75, 3.05) is 25.1 Å². The first kappa shape index (κ1) is 20.0. The molecule has 0 aliphatic heterocycles. The summed E-state index contributed by atoms with van der Waals surface area (Å²) in [6, 6.07) is 13.3. The number of hydrogen-bond acceptors (Lipinski definition) is 7. The normalized spacial score (nSPS) is 10.7. The predicted octanol–water partition coefficient (Wildman–Crippen LogP) is 4.79. The first-order chi connectivity index (χ1) is 13.0. The summed E-state index contributed by atoms with van der Waals surface area (Å²) >= 11 is 0. The van der Waals surface area contributed by atoms with E-state index in [4.69, 9.17) is 4.74 Å². The molecule has 0 radical (unpaired) electrons. The van der Waals surface area contributed by atoms with Gasteiger partial charge in [-0.25, -0.2) is 0 Å². The van der Waals surface area contributed by atoms with E-state index < -0.39 is 4.92 Å². The van der Waals surface area contributed by atoms with Crippen LogP contribution in [0.1, 0.15) is 19.8 Å². The van der Waals surface area contributed by atoms with Gasteiger partial charge < -0.3 is 9.64 Å². The van der Waals surface area contributed by atoms with Crippen LogP contribution in [0.5, 0.6) is 0 Å². The molecule has 0 aliphatic rings. The SMILES string of the molecule is CCCC(=O)OCCN(C)c1ccc(N=Nc2ccc([N+](=O)[O-])cc2)cc1. The quantitative estimate of drug-likeness (QED) is 0.273. The molecule has 0 unspecified atom stereocenters. The van der Waals surface area contributed by atoms with Crippen molar-refractivity contribution < 1.29 is 14.5 Å². The van der Waals surface area contributed by atoms with Crippen molar-refractivity contribution in [2.24, 2.45) is 10.2 Å². The third-order valence-corrected chi connectivity index (χ3v) is 3.78. The number of azo groups is 1. The number of ether oxygens (including phenoxy) is 1. The zero-order chi connectivity index (χ0) is 19.6. The molecule has 0 spiro atoms. The number of nitro benzene ring substituents is 1. The summed E-state index contributed by atoms with van der Waals surface area (Å²) in [6.45, 7) is 2.88. The molecular weight excluding hydrogens is 348 g/mol. The fourth-order valence-electron chi connectivity index (χ4n) is 2.23. The van der Waals surface area contributed by atoms with Crippen LogP contribution in [0, 0.1) is 10.1 Å². The number of non-ortho nitro benzene ring substituents is 1. The first-order valence-corrected chi connectivity index (χ1v) is 8.62. The van der Waals surface area contributed by atoms with E-state index in [1.165, 1.54) is 12.1 Å². The maximum absolute atomic E-state index is 11.3. The van der Waals surface area contributed by atoms with E-state index in [1.807, 2.05) is 43.1 Å². The van der Waals surface area contributed by atoms with Crippen LogP contribution in [0.15, 0.2) is 58.8 Å². The minimum absolute atomic E-state index is 0.0155. The second-order valence-electron chi connectivity index (χ2n) is 5.88. The summed E-state index contributed by atoms with van der Waals surface area (Å²) in [5.74, 6) is -0.173. The third kappa shape index (κ3) is 6.50. The standard InChI is InChI=1S/C19H22N4O4/c1-3-4-19(24)27-14-13-22(2)17-9-5-15(6-10-17)20-21-16-7-11-18(12-8-16)23(25)26/h5-12H,3-4,13-14H2,1-2H3. The molecule has 2 aromatic rings. The average molecular weight is 370 g/mol. The first-order valence-electron chi connectivity index (χ1n) is 8.62. The Morgan fingerprint density at radius 3 is 2.15 bits per heavy atom. The molecule has 0 amide bonds. The van der Waals surface area contributed by atoms with Crippen molar-refractivity contribution in [3.63, 3.8) is 0 Å². The summed E-state index contributed by atoms with van der Waals surface area (Å²) in [7, 11) is 1.92. The van der Waals surface area contributed by atoms with Crippen LogP contribution in [0.2, 0.25) is 0 Å². The van der Waals surface area contributed by atoms with Gasteiger partial charge in [-0.15, -0.1) is 0 Å². The van der Waals surface area contributed by atoms with Crippen molar-refractivity contribution in [3.05, 3.63) is 58.6 Å². The molecule has 27 heavy (non-hydrogen) atoms. The Morgan fingerprint density at radius 1 is 1.07 bits per heavy atom. The molecule has 0 aliphatic carbocycles. The maximum atomic E-state index is 11.3. The van der Waals surface area contributed by atoms with Crippen molar-refractivity contribution in [1.82, 2.24) is 0 Å². The number of esters is 1. The van der Waals surface area contributed by atoms with Crippen molar-refractivity contribution >= 4 is 28.7 Å². The molecule has 8 heteroatoms. The lowest BCUT2D eigenvalue weighted by Crippen LogP contribution is -2.23. The minimum atomic E-state index is -0.457. The van der Waals surface area contributed by atoms with E-state index in [0.717, 1.165) is 12.1 Å². The highest BCUT2D eigenvalue weighted by molar-refractivity contribution is 5.69. The lowest BCUT2D eigenvalue weighted by Gasteiger charge is -2.19. The predicted molar refractivity (Wildman–Crippen MR) is 103 cm³/mol. The van der Waals surface area contributed by atoms with Gasteiger partial charge in [-0.3, -0.25) is 14.9 Å². The molecule has 0 N–H and O–H groups in total. The van der Waals surface area contributed by atoms with Crippen LogP contribution in [-0.2, 0) is 9.53 Å². The molecule has 2 rings (SSSR count). The van der Waals surface area contributed by atoms with Crippen LogP contribution in [0.25, 0.3) is 0 Å². The minimum Gasteiger partial charge on any atom is -0.464 e. The fourth-order valence-corrected chi connectivity index (χ4v) is 2.23. The van der Waals surface area contributed by atoms with Gasteiger partial charge in [0.25, 0.3) is 5.69 Å². The third-order valence-electron chi connectivity index (χ3n) is 3.78. The van der Waals surface area contributed by atoms with E-state index >= 15 is 0 Å². The van der Waals surface area contributed by atoms with E-state index in [1.54, 1.807) is 12.1 Å². The number of nitro groups is 1. The van der Waals surface area contributed by atoms with Gasteiger partial charge in [0.05, 0.1) is 22.8 Å². The van der Waals surface area contributed by atoms with Crippen molar-refractivity contribution in [3.8, 4) is 0 Å². The molecule has 0 fully saturated rings. The molecule has 8 nitrogen and oxygen atoms in total. The summed E-state index contributed by atoms with van der Waals surface area (Å²) in [4.78, 5) is 23.5. The number of hydrogen-bond donors (Lipinski definition) is 0. The fraction of sp³-hybridized carbons (Fsp3) is 0.316. The highest BCUT2D eigenvalue weighted by Crippen LogP contribution is 2.23. The van der Waals surface area contributed by atoms with E-state index in [2.05, 4.69) is 10.2 Å². The van der Waals surface area contributed by atoms with Gasteiger partial charge in [0.15, 0.2) is 0 Å². The van der Waals surface area contributed by atoms with Crippen LogP contribution >= 0.6 is 0 Å². The Kier molecular flexibility index (Phi) is 7.42. The number of carbonyl (C=O) groups excluding carboxylic acids is 1. The smallest absolute Gasteiger partial charge is 0.305 e. The summed E-state index contributed by atoms with van der Waals surface area (Å²) < 4.78 is 5.15. The number of anilines is 1. The van der Waals surface area contributed by atoms with Gasteiger partial charge in [-0.2, -0.15) is 10.2 Å². The number of rotatable bonds is 9. The second-order valence-corrected chi connectivity index (χ2v) is 5.88. The van der Waals surface area contributed by atoms with Gasteiger partial charge in [0, 0.05) is 31.3 Å². The molecule has 0 saturated carbocycles. The zero-order valence-electron chi connectivity index (χ0n) is 15.4. The van der Waals surface area contributed by atoms with Gasteiger partial charge in [-0.05, 0) is 42.8 Å². The Balaban J connectivity index is 1.88. The molecule has 0 saturated heterocycles. The Morgan fingerprint density at radius 2 is 1.63 bits per heavy atom. The molecular formula is C19H22N4O4. The number of likely N-dealkylation sites (N-methyl/N-ethyl adjacent to an activating group) is 1. The number of benzene rings is 2. The van der Waals surface area contributed by atoms with Gasteiger partial charge in [-0.1, -0.05) is 6.92 Å². The van der Waals surface area contributed by atoms with E-state index in [-0.39, 0.29) is 11.7 Å². The second kappa shape index (κ2) is 10.0. The zero-order valence-corrected chi connectivity index (χ0v) is 15.4. The van der Waals surface area contributed by atoms with E-state index in [0.29, 0.717) is 30.9 Å².